The Morgan fingerprint density at radius 3 is 2.20 bits per heavy atom. The van der Waals surface area contributed by atoms with E-state index in [-0.39, 0.29) is 0 Å². The van der Waals surface area contributed by atoms with Crippen molar-refractivity contribution in [2.75, 3.05) is 0 Å². The molecule has 0 saturated carbocycles. The SMILES string of the molecule is CC(C)(C)[S@@](=O)N[C@@H](c1ccc(Br)cc1F)C(F)(F)F. The second-order valence-corrected chi connectivity index (χ2v) is 8.05. The van der Waals surface area contributed by atoms with E-state index < -0.39 is 39.3 Å². The van der Waals surface area contributed by atoms with E-state index in [2.05, 4.69) is 15.9 Å². The molecule has 0 fully saturated rings. The Balaban J connectivity index is 3.18. The minimum absolute atomic E-state index is 0.330. The number of rotatable bonds is 3. The van der Waals surface area contributed by atoms with Gasteiger partial charge in [-0.25, -0.2) is 13.3 Å². The van der Waals surface area contributed by atoms with Crippen LogP contribution in [-0.2, 0) is 11.0 Å². The van der Waals surface area contributed by atoms with Crippen LogP contribution in [-0.4, -0.2) is 15.1 Å². The van der Waals surface area contributed by atoms with Gasteiger partial charge in [-0.15, -0.1) is 0 Å². The van der Waals surface area contributed by atoms with Gasteiger partial charge in [-0.05, 0) is 32.9 Å². The van der Waals surface area contributed by atoms with Crippen LogP contribution in [0.15, 0.2) is 22.7 Å². The van der Waals surface area contributed by atoms with E-state index in [1.165, 1.54) is 26.8 Å². The Kier molecular flexibility index (Phi) is 5.37. The average Bonchev–Trinajstić information content (AvgIpc) is 2.23. The van der Waals surface area contributed by atoms with Gasteiger partial charge in [0.15, 0.2) is 0 Å². The van der Waals surface area contributed by atoms with Crippen LogP contribution >= 0.6 is 15.9 Å². The molecule has 2 nitrogen and oxygen atoms in total. The lowest BCUT2D eigenvalue weighted by molar-refractivity contribution is -0.153. The molecule has 1 aromatic carbocycles. The molecule has 0 radical (unpaired) electrons. The predicted molar refractivity (Wildman–Crippen MR) is 73.9 cm³/mol. The molecule has 2 atom stereocenters. The molecule has 20 heavy (non-hydrogen) atoms. The van der Waals surface area contributed by atoms with Gasteiger partial charge in [-0.2, -0.15) is 13.2 Å². The lowest BCUT2D eigenvalue weighted by atomic mass is 10.1. The Morgan fingerprint density at radius 1 is 1.25 bits per heavy atom. The van der Waals surface area contributed by atoms with Gasteiger partial charge in [0.05, 0.1) is 15.7 Å². The van der Waals surface area contributed by atoms with Crippen molar-refractivity contribution in [1.29, 1.82) is 0 Å². The van der Waals surface area contributed by atoms with Crippen LogP contribution < -0.4 is 4.72 Å². The largest absolute Gasteiger partial charge is 0.408 e. The number of benzene rings is 1. The summed E-state index contributed by atoms with van der Waals surface area (Å²) in [5.41, 5.74) is -0.585. The van der Waals surface area contributed by atoms with Gasteiger partial charge in [-0.3, -0.25) is 0 Å². The predicted octanol–water partition coefficient (Wildman–Crippen LogP) is 4.24. The standard InChI is InChI=1S/C12H14BrF4NOS/c1-11(2,3)20(19)18-10(12(15,16)17)8-5-4-7(13)6-9(8)14/h4-6,10,18H,1-3H3/t10-,20+/m0/s1. The minimum atomic E-state index is -4.75. The van der Waals surface area contributed by atoms with Gasteiger partial charge in [0.25, 0.3) is 0 Å². The fraction of sp³-hybridized carbons (Fsp3) is 0.500. The number of hydrogen-bond donors (Lipinski definition) is 1. The van der Waals surface area contributed by atoms with Crippen LogP contribution in [0, 0.1) is 5.82 Å². The summed E-state index contributed by atoms with van der Waals surface area (Å²) in [6.45, 7) is 4.59. The molecular formula is C12H14BrF4NOS. The third-order valence-electron chi connectivity index (χ3n) is 2.38. The van der Waals surface area contributed by atoms with Crippen LogP contribution in [0.3, 0.4) is 0 Å². The zero-order chi connectivity index (χ0) is 15.7. The molecule has 0 aliphatic heterocycles. The molecule has 114 valence electrons. The van der Waals surface area contributed by atoms with Gasteiger partial charge in [0, 0.05) is 10.0 Å². The highest BCUT2D eigenvalue weighted by molar-refractivity contribution is 9.10. The summed E-state index contributed by atoms with van der Waals surface area (Å²) in [7, 11) is -1.98. The maximum Gasteiger partial charge on any atom is 0.408 e. The van der Waals surface area contributed by atoms with Crippen molar-refractivity contribution in [3.63, 3.8) is 0 Å². The Morgan fingerprint density at radius 2 is 1.80 bits per heavy atom. The van der Waals surface area contributed by atoms with Gasteiger partial charge in [0.1, 0.15) is 11.9 Å². The van der Waals surface area contributed by atoms with Crippen LogP contribution in [0.2, 0.25) is 0 Å². The Hall–Kier alpha value is -0.470. The summed E-state index contributed by atoms with van der Waals surface area (Å²) in [4.78, 5) is 0. The van der Waals surface area contributed by atoms with E-state index in [0.717, 1.165) is 12.1 Å². The monoisotopic (exact) mass is 375 g/mol. The zero-order valence-electron chi connectivity index (χ0n) is 11.0. The molecule has 0 heterocycles. The number of hydrogen-bond acceptors (Lipinski definition) is 1. The quantitative estimate of drug-likeness (QED) is 0.786. The molecule has 1 rings (SSSR count). The third kappa shape index (κ3) is 4.53. The maximum atomic E-state index is 13.7. The van der Waals surface area contributed by atoms with E-state index >= 15 is 0 Å². The van der Waals surface area contributed by atoms with Gasteiger partial charge < -0.3 is 0 Å². The number of halogens is 5. The topological polar surface area (TPSA) is 29.1 Å². The second-order valence-electron chi connectivity index (χ2n) is 5.14. The third-order valence-corrected chi connectivity index (χ3v) is 4.44. The Labute approximate surface area is 125 Å². The molecule has 1 N–H and O–H groups in total. The van der Waals surface area contributed by atoms with Crippen molar-refractivity contribution >= 4 is 26.9 Å². The summed E-state index contributed by atoms with van der Waals surface area (Å²) in [5, 5.41) is 0. The van der Waals surface area contributed by atoms with Crippen molar-refractivity contribution in [2.24, 2.45) is 0 Å². The van der Waals surface area contributed by atoms with Crippen LogP contribution in [0.1, 0.15) is 32.4 Å². The van der Waals surface area contributed by atoms with Crippen molar-refractivity contribution in [3.05, 3.63) is 34.1 Å². The normalized spacial score (nSPS) is 16.0. The van der Waals surface area contributed by atoms with Gasteiger partial charge in [-0.1, -0.05) is 22.0 Å². The van der Waals surface area contributed by atoms with E-state index in [0.29, 0.717) is 4.47 Å². The molecule has 0 aromatic heterocycles. The van der Waals surface area contributed by atoms with Crippen LogP contribution in [0.4, 0.5) is 17.6 Å². The summed E-state index contributed by atoms with van der Waals surface area (Å²) < 4.78 is 66.1. The first-order chi connectivity index (χ1) is 8.93. The van der Waals surface area contributed by atoms with E-state index in [1.807, 2.05) is 4.72 Å². The number of alkyl halides is 3. The van der Waals surface area contributed by atoms with Crippen molar-refractivity contribution < 1.29 is 21.8 Å². The Bertz CT molecular complexity index is 513. The van der Waals surface area contributed by atoms with Crippen molar-refractivity contribution in [3.8, 4) is 0 Å². The summed E-state index contributed by atoms with van der Waals surface area (Å²) in [6.07, 6.45) is -4.75. The highest BCUT2D eigenvalue weighted by Crippen LogP contribution is 2.35. The smallest absolute Gasteiger partial charge is 0.242 e. The fourth-order valence-electron chi connectivity index (χ4n) is 1.33. The molecule has 0 amide bonds. The molecule has 8 heteroatoms. The molecular weight excluding hydrogens is 362 g/mol. The van der Waals surface area contributed by atoms with E-state index in [9.17, 15) is 21.8 Å². The maximum absolute atomic E-state index is 13.7. The van der Waals surface area contributed by atoms with Gasteiger partial charge in [0.2, 0.25) is 0 Å². The molecule has 0 unspecified atom stereocenters. The van der Waals surface area contributed by atoms with Crippen LogP contribution in [0.5, 0.6) is 0 Å². The number of nitrogens with one attached hydrogen (secondary N) is 1. The minimum Gasteiger partial charge on any atom is -0.242 e. The molecule has 1 aromatic rings. The van der Waals surface area contributed by atoms with Gasteiger partial charge >= 0.3 is 6.18 Å². The zero-order valence-corrected chi connectivity index (χ0v) is 13.4. The molecule has 0 saturated heterocycles. The molecule has 0 aliphatic rings. The summed E-state index contributed by atoms with van der Waals surface area (Å²) >= 11 is 2.98. The highest BCUT2D eigenvalue weighted by atomic mass is 79.9. The second kappa shape index (κ2) is 6.11. The first-order valence-corrected chi connectivity index (χ1v) is 7.57. The molecule has 0 aliphatic carbocycles. The van der Waals surface area contributed by atoms with E-state index in [1.54, 1.807) is 0 Å². The van der Waals surface area contributed by atoms with Crippen molar-refractivity contribution in [2.45, 2.75) is 37.7 Å². The highest BCUT2D eigenvalue weighted by Gasteiger charge is 2.44. The molecule has 0 spiro atoms. The summed E-state index contributed by atoms with van der Waals surface area (Å²) in [5.74, 6) is -1.01. The van der Waals surface area contributed by atoms with Crippen LogP contribution in [0.25, 0.3) is 0 Å². The summed E-state index contributed by atoms with van der Waals surface area (Å²) in [6, 6.07) is 0.939. The molecule has 0 bridgehead atoms. The van der Waals surface area contributed by atoms with Crippen molar-refractivity contribution in [1.82, 2.24) is 4.72 Å². The lowest BCUT2D eigenvalue weighted by Gasteiger charge is -2.26. The lowest BCUT2D eigenvalue weighted by Crippen LogP contribution is -2.42. The average molecular weight is 376 g/mol. The fourth-order valence-corrected chi connectivity index (χ4v) is 2.49. The van der Waals surface area contributed by atoms with E-state index in [4.69, 9.17) is 0 Å². The first kappa shape index (κ1) is 17.6. The first-order valence-electron chi connectivity index (χ1n) is 5.62.